The van der Waals surface area contributed by atoms with Crippen LogP contribution in [-0.2, 0) is 0 Å². The summed E-state index contributed by atoms with van der Waals surface area (Å²) >= 11 is 0. The van der Waals surface area contributed by atoms with Crippen molar-refractivity contribution in [3.63, 3.8) is 0 Å². The number of benzene rings is 1. The van der Waals surface area contributed by atoms with Crippen molar-refractivity contribution in [2.45, 2.75) is 19.1 Å². The second-order valence-electron chi connectivity index (χ2n) is 4.60. The molecule has 0 saturated heterocycles. The quantitative estimate of drug-likeness (QED) is 0.575. The van der Waals surface area contributed by atoms with E-state index in [0.29, 0.717) is 5.56 Å². The molecular weight excluding hydrogens is 274 g/mol. The number of aliphatic hydroxyl groups excluding tert-OH is 1. The standard InChI is InChI=1S/C14H15N3O4/c1-9(13(19)10-4-6-11(18)7-5-10)16-14-12(17(20)21)3-2-8-15-14/h2-9,13,18-19H,1H3,(H,15,16)/t9-,13-/m1/s1. The highest BCUT2D eigenvalue weighted by atomic mass is 16.6. The average molecular weight is 289 g/mol. The van der Waals surface area contributed by atoms with E-state index in [2.05, 4.69) is 10.3 Å². The highest BCUT2D eigenvalue weighted by molar-refractivity contribution is 5.55. The molecule has 0 unspecified atom stereocenters. The van der Waals surface area contributed by atoms with Crippen LogP contribution >= 0.6 is 0 Å². The number of nitro groups is 1. The first-order valence-electron chi connectivity index (χ1n) is 6.32. The van der Waals surface area contributed by atoms with E-state index in [1.807, 2.05) is 0 Å². The van der Waals surface area contributed by atoms with E-state index in [1.165, 1.54) is 30.5 Å². The van der Waals surface area contributed by atoms with E-state index in [4.69, 9.17) is 0 Å². The predicted molar refractivity (Wildman–Crippen MR) is 77.0 cm³/mol. The maximum Gasteiger partial charge on any atom is 0.311 e. The third-order valence-corrected chi connectivity index (χ3v) is 3.06. The van der Waals surface area contributed by atoms with Crippen LogP contribution in [0.1, 0.15) is 18.6 Å². The summed E-state index contributed by atoms with van der Waals surface area (Å²) in [6.45, 7) is 1.69. The Morgan fingerprint density at radius 3 is 2.57 bits per heavy atom. The molecule has 0 fully saturated rings. The summed E-state index contributed by atoms with van der Waals surface area (Å²) in [4.78, 5) is 14.3. The molecule has 0 spiro atoms. The Balaban J connectivity index is 2.16. The molecule has 0 radical (unpaired) electrons. The minimum absolute atomic E-state index is 0.104. The maximum atomic E-state index is 10.9. The molecule has 1 aromatic carbocycles. The van der Waals surface area contributed by atoms with Crippen LogP contribution in [0.15, 0.2) is 42.6 Å². The smallest absolute Gasteiger partial charge is 0.311 e. The molecular formula is C14H15N3O4. The van der Waals surface area contributed by atoms with Crippen LogP contribution in [0.2, 0.25) is 0 Å². The minimum Gasteiger partial charge on any atom is -0.508 e. The number of nitrogens with zero attached hydrogens (tertiary/aromatic N) is 2. The van der Waals surface area contributed by atoms with E-state index in [-0.39, 0.29) is 17.3 Å². The number of rotatable bonds is 5. The second-order valence-corrected chi connectivity index (χ2v) is 4.60. The van der Waals surface area contributed by atoms with Crippen LogP contribution in [0.5, 0.6) is 5.75 Å². The van der Waals surface area contributed by atoms with Crippen LogP contribution in [0.4, 0.5) is 11.5 Å². The van der Waals surface area contributed by atoms with Gasteiger partial charge in [-0.05, 0) is 30.7 Å². The fraction of sp³-hybridized carbons (Fsp3) is 0.214. The van der Waals surface area contributed by atoms with Crippen LogP contribution in [0.25, 0.3) is 0 Å². The molecule has 7 heteroatoms. The van der Waals surface area contributed by atoms with E-state index < -0.39 is 17.1 Å². The molecule has 110 valence electrons. The van der Waals surface area contributed by atoms with E-state index in [1.54, 1.807) is 19.1 Å². The Hall–Kier alpha value is -2.67. The molecule has 0 bridgehead atoms. The summed E-state index contributed by atoms with van der Waals surface area (Å²) in [5.41, 5.74) is 0.439. The fourth-order valence-corrected chi connectivity index (χ4v) is 1.91. The predicted octanol–water partition coefficient (Wildman–Crippen LogP) is 2.23. The van der Waals surface area contributed by atoms with Gasteiger partial charge in [-0.15, -0.1) is 0 Å². The lowest BCUT2D eigenvalue weighted by Gasteiger charge is -2.21. The van der Waals surface area contributed by atoms with Crippen molar-refractivity contribution in [1.82, 2.24) is 4.98 Å². The van der Waals surface area contributed by atoms with Crippen molar-refractivity contribution in [2.75, 3.05) is 5.32 Å². The number of hydrogen-bond donors (Lipinski definition) is 3. The molecule has 2 aromatic rings. The van der Waals surface area contributed by atoms with Crippen LogP contribution in [0.3, 0.4) is 0 Å². The van der Waals surface area contributed by atoms with Gasteiger partial charge in [-0.1, -0.05) is 12.1 Å². The summed E-state index contributed by atoms with van der Waals surface area (Å²) in [7, 11) is 0. The number of aliphatic hydroxyl groups is 1. The summed E-state index contributed by atoms with van der Waals surface area (Å²) in [5.74, 6) is 0.208. The highest BCUT2D eigenvalue weighted by Gasteiger charge is 2.21. The first kappa shape index (κ1) is 14.7. The normalized spacial score (nSPS) is 13.4. The molecule has 3 N–H and O–H groups in total. The molecule has 2 rings (SSSR count). The SMILES string of the molecule is C[C@@H](Nc1ncccc1[N+](=O)[O-])[C@@H](O)c1ccc(O)cc1. The van der Waals surface area contributed by atoms with Gasteiger partial charge < -0.3 is 15.5 Å². The van der Waals surface area contributed by atoms with Gasteiger partial charge >= 0.3 is 5.69 Å². The molecule has 2 atom stereocenters. The number of nitrogens with one attached hydrogen (secondary N) is 1. The molecule has 7 nitrogen and oxygen atoms in total. The van der Waals surface area contributed by atoms with Crippen molar-refractivity contribution in [3.05, 3.63) is 58.3 Å². The molecule has 1 aromatic heterocycles. The third kappa shape index (κ3) is 3.46. The number of anilines is 1. The van der Waals surface area contributed by atoms with E-state index in [0.717, 1.165) is 0 Å². The van der Waals surface area contributed by atoms with E-state index in [9.17, 15) is 20.3 Å². The van der Waals surface area contributed by atoms with Crippen molar-refractivity contribution < 1.29 is 15.1 Å². The van der Waals surface area contributed by atoms with Gasteiger partial charge in [-0.2, -0.15) is 0 Å². The number of hydrogen-bond acceptors (Lipinski definition) is 6. The number of aromatic hydroxyl groups is 1. The van der Waals surface area contributed by atoms with E-state index >= 15 is 0 Å². The van der Waals surface area contributed by atoms with Crippen LogP contribution < -0.4 is 5.32 Å². The molecule has 0 aliphatic heterocycles. The summed E-state index contributed by atoms with van der Waals surface area (Å²) < 4.78 is 0. The first-order valence-corrected chi connectivity index (χ1v) is 6.32. The summed E-state index contributed by atoms with van der Waals surface area (Å²) in [6, 6.07) is 8.43. The molecule has 0 saturated carbocycles. The fourth-order valence-electron chi connectivity index (χ4n) is 1.91. The Morgan fingerprint density at radius 1 is 1.29 bits per heavy atom. The lowest BCUT2D eigenvalue weighted by Crippen LogP contribution is -2.25. The zero-order valence-electron chi connectivity index (χ0n) is 11.3. The van der Waals surface area contributed by atoms with Crippen molar-refractivity contribution in [3.8, 4) is 5.75 Å². The summed E-state index contributed by atoms with van der Waals surface area (Å²) in [5, 5.41) is 33.2. The Bertz CT molecular complexity index is 630. The number of phenols is 1. The monoisotopic (exact) mass is 289 g/mol. The number of phenolic OH excluding ortho intramolecular Hbond substituents is 1. The van der Waals surface area contributed by atoms with Gasteiger partial charge in [-0.25, -0.2) is 4.98 Å². The molecule has 1 heterocycles. The Labute approximate surface area is 121 Å². The lowest BCUT2D eigenvalue weighted by atomic mass is 10.0. The number of pyridine rings is 1. The van der Waals surface area contributed by atoms with Gasteiger partial charge in [0.25, 0.3) is 0 Å². The minimum atomic E-state index is -0.896. The Morgan fingerprint density at radius 2 is 1.95 bits per heavy atom. The zero-order valence-corrected chi connectivity index (χ0v) is 11.3. The second kappa shape index (κ2) is 6.19. The molecule has 0 aliphatic carbocycles. The van der Waals surface area contributed by atoms with Gasteiger partial charge in [0.2, 0.25) is 5.82 Å². The maximum absolute atomic E-state index is 10.9. The lowest BCUT2D eigenvalue weighted by molar-refractivity contribution is -0.384. The molecule has 0 aliphatic rings. The van der Waals surface area contributed by atoms with Gasteiger partial charge in [0.1, 0.15) is 5.75 Å². The van der Waals surface area contributed by atoms with Crippen LogP contribution in [0, 0.1) is 10.1 Å². The van der Waals surface area contributed by atoms with Gasteiger partial charge in [0.05, 0.1) is 17.1 Å². The van der Waals surface area contributed by atoms with Crippen molar-refractivity contribution in [2.24, 2.45) is 0 Å². The molecule has 21 heavy (non-hydrogen) atoms. The first-order chi connectivity index (χ1) is 9.99. The largest absolute Gasteiger partial charge is 0.508 e. The van der Waals surface area contributed by atoms with Crippen molar-refractivity contribution in [1.29, 1.82) is 0 Å². The zero-order chi connectivity index (χ0) is 15.4. The third-order valence-electron chi connectivity index (χ3n) is 3.06. The highest BCUT2D eigenvalue weighted by Crippen LogP contribution is 2.25. The summed E-state index contributed by atoms with van der Waals surface area (Å²) in [6.07, 6.45) is 0.543. The van der Waals surface area contributed by atoms with Gasteiger partial charge in [0.15, 0.2) is 0 Å². The van der Waals surface area contributed by atoms with Crippen molar-refractivity contribution >= 4 is 11.5 Å². The topological polar surface area (TPSA) is 109 Å². The van der Waals surface area contributed by atoms with Gasteiger partial charge in [0, 0.05) is 12.3 Å². The average Bonchev–Trinajstić information content (AvgIpc) is 2.47. The molecule has 0 amide bonds. The van der Waals surface area contributed by atoms with Gasteiger partial charge in [-0.3, -0.25) is 10.1 Å². The van der Waals surface area contributed by atoms with Crippen LogP contribution in [-0.4, -0.2) is 26.2 Å². The Kier molecular flexibility index (Phi) is 4.34. The number of aromatic nitrogens is 1.